The summed E-state index contributed by atoms with van der Waals surface area (Å²) in [6.45, 7) is 16.8. The fourth-order valence-electron chi connectivity index (χ4n) is 5.26. The molecule has 0 aromatic rings. The Bertz CT molecular complexity index is 984. The molecule has 218 valence electrons. The quantitative estimate of drug-likeness (QED) is 0.114. The normalized spacial score (nSPS) is 19.4. The SMILES string of the molecule is CC1=C(/C=C/C(C)=C/C=C/C(C)=C/C(=O)C(C)C)C(C)(C)CCC1CC(C)C(=O)CCCCCCCC(=O)O. The number of carboxylic acid groups (broad SMARTS) is 1. The summed E-state index contributed by atoms with van der Waals surface area (Å²) in [5.74, 6) is 0.293. The Hall–Kier alpha value is -2.49. The zero-order chi connectivity index (χ0) is 29.6. The second-order valence-electron chi connectivity index (χ2n) is 12.5. The first-order valence-corrected chi connectivity index (χ1v) is 15.0. The molecule has 0 saturated heterocycles. The van der Waals surface area contributed by atoms with Crippen LogP contribution in [0.15, 0.2) is 58.7 Å². The van der Waals surface area contributed by atoms with Gasteiger partial charge >= 0.3 is 5.97 Å². The minimum absolute atomic E-state index is 0.0157. The van der Waals surface area contributed by atoms with E-state index >= 15 is 0 Å². The molecule has 0 radical (unpaired) electrons. The molecule has 0 heterocycles. The smallest absolute Gasteiger partial charge is 0.303 e. The maximum absolute atomic E-state index is 12.8. The van der Waals surface area contributed by atoms with Crippen LogP contribution in [-0.2, 0) is 14.4 Å². The Morgan fingerprint density at radius 3 is 2.18 bits per heavy atom. The minimum atomic E-state index is -0.729. The van der Waals surface area contributed by atoms with Gasteiger partial charge in [-0.15, -0.1) is 0 Å². The van der Waals surface area contributed by atoms with Crippen LogP contribution in [0.4, 0.5) is 0 Å². The lowest BCUT2D eigenvalue weighted by atomic mass is 9.67. The van der Waals surface area contributed by atoms with Gasteiger partial charge in [0.05, 0.1) is 0 Å². The van der Waals surface area contributed by atoms with Crippen molar-refractivity contribution < 1.29 is 19.5 Å². The topological polar surface area (TPSA) is 71.4 Å². The standard InChI is InChI=1S/C35H54O4/c1-25(2)33(37)23-27(4)16-14-15-26(3)19-20-31-29(6)30(21-22-35(31,7)8)24-28(5)32(36)17-12-10-9-11-13-18-34(38)39/h14-16,19-20,23,25,28,30H,9-13,17-18,21-22,24H2,1-8H3,(H,38,39)/b16-14+,20-19+,26-15+,27-23+. The van der Waals surface area contributed by atoms with Crippen molar-refractivity contribution in [3.63, 3.8) is 0 Å². The lowest BCUT2D eigenvalue weighted by Crippen LogP contribution is -2.26. The van der Waals surface area contributed by atoms with Gasteiger partial charge in [-0.1, -0.05) is 95.4 Å². The Morgan fingerprint density at radius 1 is 0.949 bits per heavy atom. The number of carbonyl (C=O) groups is 3. The number of hydrogen-bond donors (Lipinski definition) is 1. The van der Waals surface area contributed by atoms with E-state index in [0.29, 0.717) is 18.1 Å². The minimum Gasteiger partial charge on any atom is -0.481 e. The first-order valence-electron chi connectivity index (χ1n) is 15.0. The van der Waals surface area contributed by atoms with E-state index in [-0.39, 0.29) is 29.5 Å². The second-order valence-corrected chi connectivity index (χ2v) is 12.5. The van der Waals surface area contributed by atoms with Gasteiger partial charge in [0.2, 0.25) is 0 Å². The zero-order valence-electron chi connectivity index (χ0n) is 25.9. The predicted molar refractivity (Wildman–Crippen MR) is 164 cm³/mol. The van der Waals surface area contributed by atoms with Gasteiger partial charge in [0, 0.05) is 24.7 Å². The number of unbranched alkanes of at least 4 members (excludes halogenated alkanes) is 4. The highest BCUT2D eigenvalue weighted by Crippen LogP contribution is 2.45. The molecule has 0 amide bonds. The lowest BCUT2D eigenvalue weighted by molar-refractivity contribution is -0.137. The molecule has 2 unspecified atom stereocenters. The molecule has 0 aromatic carbocycles. The van der Waals surface area contributed by atoms with Crippen molar-refractivity contribution in [2.24, 2.45) is 23.2 Å². The van der Waals surface area contributed by atoms with Crippen LogP contribution < -0.4 is 0 Å². The second kappa shape index (κ2) is 17.3. The molecule has 1 N–H and O–H groups in total. The molecule has 0 fully saturated rings. The van der Waals surface area contributed by atoms with Crippen molar-refractivity contribution in [3.8, 4) is 0 Å². The van der Waals surface area contributed by atoms with E-state index in [1.165, 1.54) is 11.1 Å². The Kier molecular flexibility index (Phi) is 15.3. The average Bonchev–Trinajstić information content (AvgIpc) is 2.84. The van der Waals surface area contributed by atoms with E-state index in [0.717, 1.165) is 62.5 Å². The number of hydrogen-bond acceptors (Lipinski definition) is 3. The molecule has 1 rings (SSSR count). The number of ketones is 2. The van der Waals surface area contributed by atoms with Gasteiger partial charge in [-0.25, -0.2) is 0 Å². The van der Waals surface area contributed by atoms with Crippen molar-refractivity contribution in [1.82, 2.24) is 0 Å². The van der Waals surface area contributed by atoms with Crippen LogP contribution in [0.2, 0.25) is 0 Å². The first kappa shape index (κ1) is 34.5. The number of carbonyl (C=O) groups excluding carboxylic acids is 2. The Morgan fingerprint density at radius 2 is 1.56 bits per heavy atom. The highest BCUT2D eigenvalue weighted by molar-refractivity contribution is 5.92. The summed E-state index contributed by atoms with van der Waals surface area (Å²) in [5, 5.41) is 8.72. The highest BCUT2D eigenvalue weighted by Gasteiger charge is 2.33. The molecule has 0 aromatic heterocycles. The maximum atomic E-state index is 12.8. The lowest BCUT2D eigenvalue weighted by Gasteiger charge is -2.38. The van der Waals surface area contributed by atoms with Gasteiger partial charge in [0.25, 0.3) is 0 Å². The molecule has 0 saturated carbocycles. The van der Waals surface area contributed by atoms with E-state index in [1.807, 2.05) is 32.9 Å². The van der Waals surface area contributed by atoms with Crippen LogP contribution in [0.25, 0.3) is 0 Å². The predicted octanol–water partition coefficient (Wildman–Crippen LogP) is 9.38. The summed E-state index contributed by atoms with van der Waals surface area (Å²) in [5.41, 5.74) is 5.01. The van der Waals surface area contributed by atoms with Gasteiger partial charge in [-0.3, -0.25) is 14.4 Å². The number of Topliss-reactive ketones (excluding diaryl/α,β-unsaturated/α-hetero) is 1. The number of allylic oxidation sites excluding steroid dienone is 10. The summed E-state index contributed by atoms with van der Waals surface area (Å²) >= 11 is 0. The summed E-state index contributed by atoms with van der Waals surface area (Å²) < 4.78 is 0. The van der Waals surface area contributed by atoms with Crippen LogP contribution in [0.5, 0.6) is 0 Å². The van der Waals surface area contributed by atoms with Gasteiger partial charge in [-0.2, -0.15) is 0 Å². The highest BCUT2D eigenvalue weighted by atomic mass is 16.4. The van der Waals surface area contributed by atoms with Crippen molar-refractivity contribution in [1.29, 1.82) is 0 Å². The van der Waals surface area contributed by atoms with Crippen molar-refractivity contribution in [2.75, 3.05) is 0 Å². The Labute approximate surface area is 238 Å². The third-order valence-corrected chi connectivity index (χ3v) is 8.06. The van der Waals surface area contributed by atoms with Crippen LogP contribution in [0.1, 0.15) is 120 Å². The number of carboxylic acids is 1. The molecule has 2 atom stereocenters. The van der Waals surface area contributed by atoms with Gasteiger partial charge in [-0.05, 0) is 81.4 Å². The molecule has 0 spiro atoms. The third kappa shape index (κ3) is 13.4. The fraction of sp³-hybridized carbons (Fsp3) is 0.629. The van der Waals surface area contributed by atoms with Crippen LogP contribution in [-0.4, -0.2) is 22.6 Å². The Balaban J connectivity index is 2.75. The van der Waals surface area contributed by atoms with Gasteiger partial charge < -0.3 is 5.11 Å². The van der Waals surface area contributed by atoms with E-state index in [2.05, 4.69) is 52.8 Å². The largest absolute Gasteiger partial charge is 0.481 e. The van der Waals surface area contributed by atoms with Crippen molar-refractivity contribution in [3.05, 3.63) is 58.7 Å². The van der Waals surface area contributed by atoms with E-state index in [1.54, 1.807) is 6.08 Å². The van der Waals surface area contributed by atoms with E-state index in [9.17, 15) is 14.4 Å². The van der Waals surface area contributed by atoms with Gasteiger partial charge in [0.1, 0.15) is 5.78 Å². The van der Waals surface area contributed by atoms with Crippen molar-refractivity contribution >= 4 is 17.5 Å². The maximum Gasteiger partial charge on any atom is 0.303 e. The molecular formula is C35H54O4. The van der Waals surface area contributed by atoms with E-state index < -0.39 is 5.97 Å². The molecular weight excluding hydrogens is 484 g/mol. The summed E-state index contributed by atoms with van der Waals surface area (Å²) in [4.78, 5) is 35.3. The van der Waals surface area contributed by atoms with Crippen molar-refractivity contribution in [2.45, 2.75) is 120 Å². The molecule has 39 heavy (non-hydrogen) atoms. The first-order chi connectivity index (χ1) is 18.2. The van der Waals surface area contributed by atoms with Crippen LogP contribution in [0, 0.1) is 23.2 Å². The molecule has 0 bridgehead atoms. The summed E-state index contributed by atoms with van der Waals surface area (Å²) in [6, 6.07) is 0. The third-order valence-electron chi connectivity index (χ3n) is 8.06. The number of aliphatic carboxylic acids is 1. The molecule has 1 aliphatic rings. The monoisotopic (exact) mass is 538 g/mol. The summed E-state index contributed by atoms with van der Waals surface area (Å²) in [6.07, 6.45) is 20.8. The fourth-order valence-corrected chi connectivity index (χ4v) is 5.26. The number of rotatable bonds is 17. The van der Waals surface area contributed by atoms with Crippen LogP contribution >= 0.6 is 0 Å². The molecule has 4 nitrogen and oxygen atoms in total. The molecule has 4 heteroatoms. The van der Waals surface area contributed by atoms with Crippen LogP contribution in [0.3, 0.4) is 0 Å². The zero-order valence-corrected chi connectivity index (χ0v) is 25.9. The van der Waals surface area contributed by atoms with E-state index in [4.69, 9.17) is 5.11 Å². The molecule has 1 aliphatic carbocycles. The van der Waals surface area contributed by atoms with Gasteiger partial charge in [0.15, 0.2) is 5.78 Å². The summed E-state index contributed by atoms with van der Waals surface area (Å²) in [7, 11) is 0. The average molecular weight is 539 g/mol. The molecule has 0 aliphatic heterocycles.